The second-order valence-electron chi connectivity index (χ2n) is 5.23. The van der Waals surface area contributed by atoms with Crippen LogP contribution in [-0.2, 0) is 4.57 Å². The van der Waals surface area contributed by atoms with Crippen LogP contribution >= 0.6 is 7.67 Å². The highest BCUT2D eigenvalue weighted by molar-refractivity contribution is 7.62. The minimum Gasteiger partial charge on any atom is -0.414 e. The van der Waals surface area contributed by atoms with Crippen LogP contribution in [0.1, 0.15) is 5.56 Å². The molecule has 0 saturated carbocycles. The number of benzene rings is 3. The van der Waals surface area contributed by atoms with Crippen LogP contribution < -0.4 is 14.7 Å². The lowest BCUT2D eigenvalue weighted by molar-refractivity contribution is 0.493. The van der Waals surface area contributed by atoms with Crippen LogP contribution in [0, 0.1) is 11.3 Å². The maximum Gasteiger partial charge on any atom is 0.444 e. The van der Waals surface area contributed by atoms with Gasteiger partial charge in [-0.25, -0.2) is 4.57 Å². The number of anilines is 2. The Morgan fingerprint density at radius 3 is 1.68 bits per heavy atom. The highest BCUT2D eigenvalue weighted by Gasteiger charge is 2.25. The Kier molecular flexibility index (Phi) is 5.03. The van der Waals surface area contributed by atoms with Gasteiger partial charge < -0.3 is 4.52 Å². The van der Waals surface area contributed by atoms with Crippen LogP contribution in [0.2, 0.25) is 0 Å². The van der Waals surface area contributed by atoms with Gasteiger partial charge in [0, 0.05) is 11.4 Å². The third-order valence-electron chi connectivity index (χ3n) is 3.32. The molecule has 25 heavy (non-hydrogen) atoms. The molecule has 0 aliphatic rings. The Morgan fingerprint density at radius 1 is 0.760 bits per heavy atom. The van der Waals surface area contributed by atoms with Crippen molar-refractivity contribution >= 4 is 19.0 Å². The normalized spacial score (nSPS) is 10.5. The number of nitrogens with zero attached hydrogens (tertiary/aromatic N) is 1. The lowest BCUT2D eigenvalue weighted by Gasteiger charge is -2.22. The molecule has 0 bridgehead atoms. The van der Waals surface area contributed by atoms with E-state index in [9.17, 15) is 4.57 Å². The van der Waals surface area contributed by atoms with Crippen molar-refractivity contribution in [1.82, 2.24) is 0 Å². The molecule has 3 aromatic rings. The molecule has 2 N–H and O–H groups in total. The standard InChI is InChI=1S/C19H16N3O2P/c20-15-16-11-13-19(14-12-16)24-25(23,21-17-7-3-1-4-8-17)22-18-9-5-2-6-10-18/h1-14H,(H2,21,22,23). The van der Waals surface area contributed by atoms with Gasteiger partial charge in [-0.2, -0.15) is 5.26 Å². The molecule has 124 valence electrons. The van der Waals surface area contributed by atoms with E-state index in [1.165, 1.54) is 0 Å². The zero-order valence-corrected chi connectivity index (χ0v) is 14.2. The van der Waals surface area contributed by atoms with Crippen molar-refractivity contribution in [3.05, 3.63) is 90.5 Å². The fourth-order valence-corrected chi connectivity index (χ4v) is 3.72. The third-order valence-corrected chi connectivity index (χ3v) is 4.89. The molecular formula is C19H16N3O2P. The lowest BCUT2D eigenvalue weighted by Crippen LogP contribution is -2.12. The molecule has 0 aromatic heterocycles. The molecule has 3 rings (SSSR count). The molecule has 0 heterocycles. The summed E-state index contributed by atoms with van der Waals surface area (Å²) in [6, 6.07) is 26.9. The molecule has 0 unspecified atom stereocenters. The zero-order valence-electron chi connectivity index (χ0n) is 13.3. The minimum atomic E-state index is -3.49. The average molecular weight is 349 g/mol. The van der Waals surface area contributed by atoms with Gasteiger partial charge in [-0.05, 0) is 48.5 Å². The predicted molar refractivity (Wildman–Crippen MR) is 99.5 cm³/mol. The fraction of sp³-hybridized carbons (Fsp3) is 0. The molecule has 0 amide bonds. The van der Waals surface area contributed by atoms with Gasteiger partial charge in [0.25, 0.3) is 0 Å². The van der Waals surface area contributed by atoms with Crippen LogP contribution in [-0.4, -0.2) is 0 Å². The van der Waals surface area contributed by atoms with Gasteiger partial charge in [-0.3, -0.25) is 10.2 Å². The molecule has 0 aliphatic carbocycles. The zero-order chi connectivity index (χ0) is 17.5. The van der Waals surface area contributed by atoms with Crippen LogP contribution in [0.3, 0.4) is 0 Å². The first-order valence-corrected chi connectivity index (χ1v) is 9.26. The maximum absolute atomic E-state index is 13.4. The van der Waals surface area contributed by atoms with Crippen molar-refractivity contribution in [2.24, 2.45) is 0 Å². The molecule has 3 aromatic carbocycles. The Morgan fingerprint density at radius 2 is 1.24 bits per heavy atom. The van der Waals surface area contributed by atoms with Crippen molar-refractivity contribution in [1.29, 1.82) is 5.26 Å². The first-order valence-electron chi connectivity index (χ1n) is 7.63. The van der Waals surface area contributed by atoms with E-state index < -0.39 is 7.67 Å². The summed E-state index contributed by atoms with van der Waals surface area (Å²) in [6.45, 7) is 0. The summed E-state index contributed by atoms with van der Waals surface area (Å²) in [6.07, 6.45) is 0. The number of hydrogen-bond acceptors (Lipinski definition) is 3. The fourth-order valence-electron chi connectivity index (χ4n) is 2.18. The average Bonchev–Trinajstić information content (AvgIpc) is 2.64. The summed E-state index contributed by atoms with van der Waals surface area (Å²) in [5.74, 6) is 0.397. The lowest BCUT2D eigenvalue weighted by atomic mass is 10.2. The first-order chi connectivity index (χ1) is 12.2. The van der Waals surface area contributed by atoms with E-state index in [2.05, 4.69) is 10.2 Å². The summed E-state index contributed by atoms with van der Waals surface area (Å²) in [7, 11) is -3.49. The van der Waals surface area contributed by atoms with E-state index in [0.717, 1.165) is 0 Å². The smallest absolute Gasteiger partial charge is 0.414 e. The molecule has 6 heteroatoms. The molecule has 0 fully saturated rings. The molecule has 0 saturated heterocycles. The van der Waals surface area contributed by atoms with E-state index >= 15 is 0 Å². The van der Waals surface area contributed by atoms with Gasteiger partial charge in [-0.1, -0.05) is 36.4 Å². The van der Waals surface area contributed by atoms with Crippen molar-refractivity contribution in [3.8, 4) is 11.8 Å². The molecule has 0 aliphatic heterocycles. The van der Waals surface area contributed by atoms with Crippen LogP contribution in [0.15, 0.2) is 84.9 Å². The van der Waals surface area contributed by atoms with Crippen LogP contribution in [0.4, 0.5) is 11.4 Å². The van der Waals surface area contributed by atoms with E-state index in [1.54, 1.807) is 24.3 Å². The Balaban J connectivity index is 1.87. The van der Waals surface area contributed by atoms with Crippen LogP contribution in [0.5, 0.6) is 5.75 Å². The predicted octanol–water partition coefficient (Wildman–Crippen LogP) is 5.27. The minimum absolute atomic E-state index is 0.397. The Hall–Kier alpha value is -3.22. The van der Waals surface area contributed by atoms with Gasteiger partial charge in [0.15, 0.2) is 0 Å². The van der Waals surface area contributed by atoms with Crippen molar-refractivity contribution in [2.45, 2.75) is 0 Å². The topological polar surface area (TPSA) is 74.1 Å². The molecular weight excluding hydrogens is 333 g/mol. The summed E-state index contributed by atoms with van der Waals surface area (Å²) < 4.78 is 19.1. The SMILES string of the molecule is N#Cc1ccc(OP(=O)(Nc2ccccc2)Nc2ccccc2)cc1. The summed E-state index contributed by atoms with van der Waals surface area (Å²) in [4.78, 5) is 0. The van der Waals surface area contributed by atoms with Gasteiger partial charge in [-0.15, -0.1) is 0 Å². The van der Waals surface area contributed by atoms with Crippen LogP contribution in [0.25, 0.3) is 0 Å². The van der Waals surface area contributed by atoms with Gasteiger partial charge in [0.1, 0.15) is 5.75 Å². The molecule has 0 radical (unpaired) electrons. The van der Waals surface area contributed by atoms with Crippen molar-refractivity contribution in [2.75, 3.05) is 10.2 Å². The summed E-state index contributed by atoms with van der Waals surface area (Å²) in [5.41, 5.74) is 1.85. The number of nitrogens with one attached hydrogen (secondary N) is 2. The van der Waals surface area contributed by atoms with Gasteiger partial charge in [0.05, 0.1) is 11.6 Å². The van der Waals surface area contributed by atoms with E-state index in [0.29, 0.717) is 22.7 Å². The van der Waals surface area contributed by atoms with Crippen molar-refractivity contribution < 1.29 is 9.09 Å². The molecule has 5 nitrogen and oxygen atoms in total. The van der Waals surface area contributed by atoms with E-state index in [1.807, 2.05) is 66.7 Å². The summed E-state index contributed by atoms with van der Waals surface area (Å²) >= 11 is 0. The monoisotopic (exact) mass is 349 g/mol. The largest absolute Gasteiger partial charge is 0.444 e. The number of hydrogen-bond donors (Lipinski definition) is 2. The quantitative estimate of drug-likeness (QED) is 0.593. The number of nitriles is 1. The Bertz CT molecular complexity index is 861. The molecule has 0 spiro atoms. The third kappa shape index (κ3) is 4.63. The number of rotatable bonds is 6. The Labute approximate surface area is 146 Å². The highest BCUT2D eigenvalue weighted by Crippen LogP contribution is 2.46. The van der Waals surface area contributed by atoms with Gasteiger partial charge >= 0.3 is 7.67 Å². The summed E-state index contributed by atoms with van der Waals surface area (Å²) in [5, 5.41) is 14.8. The maximum atomic E-state index is 13.4. The van der Waals surface area contributed by atoms with E-state index in [4.69, 9.17) is 9.79 Å². The second kappa shape index (κ2) is 7.57. The van der Waals surface area contributed by atoms with Gasteiger partial charge in [0.2, 0.25) is 0 Å². The van der Waals surface area contributed by atoms with Crippen molar-refractivity contribution in [3.63, 3.8) is 0 Å². The first kappa shape index (κ1) is 16.6. The second-order valence-corrected chi connectivity index (χ2v) is 6.97. The number of para-hydroxylation sites is 2. The highest BCUT2D eigenvalue weighted by atomic mass is 31.2. The molecule has 0 atom stereocenters. The van der Waals surface area contributed by atoms with E-state index in [-0.39, 0.29) is 0 Å².